The molecule has 0 aliphatic carbocycles. The van der Waals surface area contributed by atoms with Crippen LogP contribution in [0.3, 0.4) is 0 Å². The Kier molecular flexibility index (Phi) is 8.08. The molecular formula is C25H38N4O5. The number of carbonyl (C=O) groups excluding carboxylic acids is 2. The fourth-order valence-corrected chi connectivity index (χ4v) is 4.58. The Morgan fingerprint density at radius 1 is 0.912 bits per heavy atom. The monoisotopic (exact) mass is 474 g/mol. The highest BCUT2D eigenvalue weighted by Gasteiger charge is 2.56. The average Bonchev–Trinajstić information content (AvgIpc) is 3.02. The van der Waals surface area contributed by atoms with Crippen LogP contribution < -0.4 is 4.74 Å². The van der Waals surface area contributed by atoms with Gasteiger partial charge >= 0.3 is 6.03 Å². The van der Waals surface area contributed by atoms with Gasteiger partial charge in [0.2, 0.25) is 0 Å². The first-order valence-corrected chi connectivity index (χ1v) is 12.4. The number of urea groups is 1. The molecule has 188 valence electrons. The summed E-state index contributed by atoms with van der Waals surface area (Å²) in [5, 5.41) is 0. The summed E-state index contributed by atoms with van der Waals surface area (Å²) in [5.74, 6) is 1.16. The minimum Gasteiger partial charge on any atom is -0.494 e. The molecule has 1 atom stereocenters. The molecule has 3 amide bonds. The van der Waals surface area contributed by atoms with E-state index in [1.807, 2.05) is 31.2 Å². The summed E-state index contributed by atoms with van der Waals surface area (Å²) in [6, 6.07) is 7.38. The van der Waals surface area contributed by atoms with Crippen molar-refractivity contribution in [2.45, 2.75) is 32.7 Å². The lowest BCUT2D eigenvalue weighted by atomic mass is 9.90. The van der Waals surface area contributed by atoms with Crippen molar-refractivity contribution in [3.05, 3.63) is 29.8 Å². The lowest BCUT2D eigenvalue weighted by Crippen LogP contribution is -2.51. The third kappa shape index (κ3) is 5.38. The maximum absolute atomic E-state index is 13.8. The number of nitrogens with zero attached hydrogens (tertiary/aromatic N) is 4. The summed E-state index contributed by atoms with van der Waals surface area (Å²) < 4.78 is 16.8. The van der Waals surface area contributed by atoms with Crippen LogP contribution in [-0.4, -0.2) is 104 Å². The van der Waals surface area contributed by atoms with Gasteiger partial charge in [-0.1, -0.05) is 26.0 Å². The first-order valence-electron chi connectivity index (χ1n) is 12.4. The maximum atomic E-state index is 13.8. The lowest BCUT2D eigenvalue weighted by Gasteiger charge is -2.37. The van der Waals surface area contributed by atoms with E-state index in [-0.39, 0.29) is 18.6 Å². The van der Waals surface area contributed by atoms with Gasteiger partial charge in [-0.15, -0.1) is 0 Å². The van der Waals surface area contributed by atoms with Crippen molar-refractivity contribution >= 4 is 11.9 Å². The summed E-state index contributed by atoms with van der Waals surface area (Å²) in [7, 11) is 0. The van der Waals surface area contributed by atoms with E-state index in [4.69, 9.17) is 14.2 Å². The number of carbonyl (C=O) groups is 2. The largest absolute Gasteiger partial charge is 0.494 e. The molecule has 0 radical (unpaired) electrons. The smallest absolute Gasteiger partial charge is 0.330 e. The summed E-state index contributed by atoms with van der Waals surface area (Å²) in [4.78, 5) is 34.8. The minimum absolute atomic E-state index is 0.189. The molecule has 9 nitrogen and oxygen atoms in total. The highest BCUT2D eigenvalue weighted by Crippen LogP contribution is 2.38. The number of ether oxygens (including phenoxy) is 3. The van der Waals surface area contributed by atoms with E-state index in [2.05, 4.69) is 23.6 Å². The van der Waals surface area contributed by atoms with E-state index < -0.39 is 5.54 Å². The zero-order chi connectivity index (χ0) is 24.1. The van der Waals surface area contributed by atoms with E-state index in [0.29, 0.717) is 58.7 Å². The number of imide groups is 1. The Hall–Kier alpha value is -2.20. The van der Waals surface area contributed by atoms with Crippen LogP contribution in [0.5, 0.6) is 5.75 Å². The van der Waals surface area contributed by atoms with E-state index in [0.717, 1.165) is 30.8 Å². The van der Waals surface area contributed by atoms with Gasteiger partial charge in [0.05, 0.1) is 46.4 Å². The normalized spacial score (nSPS) is 24.9. The molecule has 9 heteroatoms. The molecule has 0 N–H and O–H groups in total. The van der Waals surface area contributed by atoms with Gasteiger partial charge < -0.3 is 14.2 Å². The second-order valence-corrected chi connectivity index (χ2v) is 9.82. The minimum atomic E-state index is -1.09. The summed E-state index contributed by atoms with van der Waals surface area (Å²) >= 11 is 0. The Bertz CT molecular complexity index is 836. The van der Waals surface area contributed by atoms with Crippen LogP contribution in [0.1, 0.15) is 32.8 Å². The molecule has 3 aliphatic heterocycles. The Labute approximate surface area is 202 Å². The molecule has 1 unspecified atom stereocenters. The molecule has 1 aromatic carbocycles. The second kappa shape index (κ2) is 11.0. The van der Waals surface area contributed by atoms with Crippen LogP contribution in [0.15, 0.2) is 24.3 Å². The Balaban J connectivity index is 1.56. The van der Waals surface area contributed by atoms with Gasteiger partial charge in [-0.2, -0.15) is 0 Å². The van der Waals surface area contributed by atoms with Crippen LogP contribution in [0.4, 0.5) is 4.79 Å². The van der Waals surface area contributed by atoms with Gasteiger partial charge in [-0.3, -0.25) is 19.5 Å². The Morgan fingerprint density at radius 2 is 1.47 bits per heavy atom. The molecule has 3 heterocycles. The molecule has 3 fully saturated rings. The molecule has 0 aromatic heterocycles. The molecule has 3 saturated heterocycles. The summed E-state index contributed by atoms with van der Waals surface area (Å²) in [6.07, 6.45) is 0.982. The Morgan fingerprint density at radius 3 is 2.03 bits per heavy atom. The van der Waals surface area contributed by atoms with Crippen LogP contribution in [0, 0.1) is 5.92 Å². The van der Waals surface area contributed by atoms with Gasteiger partial charge in [0.1, 0.15) is 11.3 Å². The van der Waals surface area contributed by atoms with E-state index >= 15 is 0 Å². The van der Waals surface area contributed by atoms with Crippen molar-refractivity contribution in [2.24, 2.45) is 5.92 Å². The SMILES string of the molecule is CC(C)CCOc1ccc(C2(C)C(=O)N(CN3CCOCC3)C(=O)N2CN2CCOCC2)cc1. The predicted molar refractivity (Wildman–Crippen MR) is 127 cm³/mol. The van der Waals surface area contributed by atoms with Gasteiger partial charge in [0.25, 0.3) is 5.91 Å². The van der Waals surface area contributed by atoms with E-state index in [9.17, 15) is 9.59 Å². The van der Waals surface area contributed by atoms with Crippen molar-refractivity contribution in [3.63, 3.8) is 0 Å². The third-order valence-corrected chi connectivity index (χ3v) is 6.93. The van der Waals surface area contributed by atoms with Crippen LogP contribution in [0.2, 0.25) is 0 Å². The molecule has 4 rings (SSSR count). The number of morpholine rings is 2. The lowest BCUT2D eigenvalue weighted by molar-refractivity contribution is -0.135. The quantitative estimate of drug-likeness (QED) is 0.508. The number of amides is 3. The highest BCUT2D eigenvalue weighted by atomic mass is 16.5. The highest BCUT2D eigenvalue weighted by molar-refractivity contribution is 6.07. The maximum Gasteiger partial charge on any atom is 0.330 e. The van der Waals surface area contributed by atoms with Gasteiger partial charge in [0, 0.05) is 26.2 Å². The zero-order valence-corrected chi connectivity index (χ0v) is 20.7. The molecule has 0 bridgehead atoms. The third-order valence-electron chi connectivity index (χ3n) is 6.93. The molecule has 34 heavy (non-hydrogen) atoms. The van der Waals surface area contributed by atoms with Gasteiger partial charge in [0.15, 0.2) is 0 Å². The van der Waals surface area contributed by atoms with Gasteiger partial charge in [-0.25, -0.2) is 9.69 Å². The van der Waals surface area contributed by atoms with Crippen LogP contribution in [0.25, 0.3) is 0 Å². The van der Waals surface area contributed by atoms with Crippen LogP contribution >= 0.6 is 0 Å². The van der Waals surface area contributed by atoms with E-state index in [1.54, 1.807) is 4.90 Å². The fraction of sp³-hybridized carbons (Fsp3) is 0.680. The summed E-state index contributed by atoms with van der Waals surface area (Å²) in [5.41, 5.74) is -0.294. The standard InChI is InChI=1S/C25H38N4O5/c1-20(2)8-13-34-22-6-4-21(5-7-22)25(3)23(30)28(18-26-9-14-32-15-10-26)24(31)29(25)19-27-11-16-33-17-12-27/h4-7,20H,8-19H2,1-3H3. The molecule has 0 spiro atoms. The van der Waals surface area contributed by atoms with Crippen LogP contribution in [-0.2, 0) is 19.8 Å². The van der Waals surface area contributed by atoms with E-state index in [1.165, 1.54) is 4.90 Å². The zero-order valence-electron chi connectivity index (χ0n) is 20.7. The number of hydrogen-bond donors (Lipinski definition) is 0. The van der Waals surface area contributed by atoms with Crippen molar-refractivity contribution < 1.29 is 23.8 Å². The molecule has 3 aliphatic rings. The molecule has 0 saturated carbocycles. The first-order chi connectivity index (χ1) is 16.4. The van der Waals surface area contributed by atoms with Crippen molar-refractivity contribution in [3.8, 4) is 5.75 Å². The molecular weight excluding hydrogens is 436 g/mol. The van der Waals surface area contributed by atoms with Crippen molar-refractivity contribution in [1.82, 2.24) is 19.6 Å². The summed E-state index contributed by atoms with van der Waals surface area (Å²) in [6.45, 7) is 12.9. The predicted octanol–water partition coefficient (Wildman–Crippen LogP) is 2.17. The number of benzene rings is 1. The van der Waals surface area contributed by atoms with Crippen molar-refractivity contribution in [2.75, 3.05) is 72.6 Å². The second-order valence-electron chi connectivity index (χ2n) is 9.82. The first kappa shape index (κ1) is 24.9. The van der Waals surface area contributed by atoms with Crippen molar-refractivity contribution in [1.29, 1.82) is 0 Å². The molecule has 1 aromatic rings. The average molecular weight is 475 g/mol. The van der Waals surface area contributed by atoms with Gasteiger partial charge in [-0.05, 0) is 37.0 Å². The number of rotatable bonds is 9. The number of hydrogen-bond acceptors (Lipinski definition) is 7. The fourth-order valence-electron chi connectivity index (χ4n) is 4.58. The topological polar surface area (TPSA) is 74.8 Å².